The highest BCUT2D eigenvalue weighted by Gasteiger charge is 2.51. The molecule has 1 N–H and O–H groups in total. The molecule has 6 unspecified atom stereocenters. The van der Waals surface area contributed by atoms with Gasteiger partial charge in [0.15, 0.2) is 0 Å². The fraction of sp³-hybridized carbons (Fsp3) is 0.889. The number of carboxylic acid groups (broad SMARTS) is 1. The van der Waals surface area contributed by atoms with Crippen LogP contribution in [-0.2, 0) is 9.59 Å². The molecule has 2 bridgehead atoms. The van der Waals surface area contributed by atoms with E-state index >= 15 is 0 Å². The highest BCUT2D eigenvalue weighted by Crippen LogP contribution is 2.52. The van der Waals surface area contributed by atoms with Crippen molar-refractivity contribution in [1.29, 1.82) is 0 Å². The summed E-state index contributed by atoms with van der Waals surface area (Å²) in [6.45, 7) is 6.74. The number of carbonyl (C=O) groups is 2. The lowest BCUT2D eigenvalue weighted by Gasteiger charge is -2.40. The van der Waals surface area contributed by atoms with E-state index in [9.17, 15) is 14.7 Å². The fourth-order valence-corrected chi connectivity index (χ4v) is 5.76. The summed E-state index contributed by atoms with van der Waals surface area (Å²) >= 11 is 0. The summed E-state index contributed by atoms with van der Waals surface area (Å²) in [7, 11) is 0. The van der Waals surface area contributed by atoms with Crippen LogP contribution in [0.25, 0.3) is 0 Å². The number of rotatable bonds is 3. The quantitative estimate of drug-likeness (QED) is 0.863. The van der Waals surface area contributed by atoms with Crippen LogP contribution in [0.3, 0.4) is 0 Å². The third kappa shape index (κ3) is 2.89. The number of carboxylic acids is 1. The van der Waals surface area contributed by atoms with Crippen molar-refractivity contribution in [1.82, 2.24) is 5.32 Å². The number of carbonyl (C=O) groups excluding carboxylic acids is 2. The maximum Gasteiger partial charge on any atom is 0.224 e. The van der Waals surface area contributed by atoms with Gasteiger partial charge in [0.25, 0.3) is 0 Å². The Morgan fingerprint density at radius 1 is 1.05 bits per heavy atom. The first kappa shape index (κ1) is 15.8. The number of aliphatic carboxylic acids is 1. The Morgan fingerprint density at radius 3 is 2.27 bits per heavy atom. The van der Waals surface area contributed by atoms with Gasteiger partial charge in [-0.3, -0.25) is 4.79 Å². The zero-order chi connectivity index (χ0) is 16.1. The van der Waals surface area contributed by atoms with Crippen molar-refractivity contribution >= 4 is 11.9 Å². The van der Waals surface area contributed by atoms with Crippen LogP contribution in [0.5, 0.6) is 0 Å². The molecule has 0 saturated heterocycles. The highest BCUT2D eigenvalue weighted by molar-refractivity contribution is 5.85. The maximum absolute atomic E-state index is 12.7. The van der Waals surface area contributed by atoms with Crippen molar-refractivity contribution in [2.45, 2.75) is 65.3 Å². The smallest absolute Gasteiger partial charge is 0.224 e. The molecule has 0 aromatic carbocycles. The lowest BCUT2D eigenvalue weighted by atomic mass is 9.70. The van der Waals surface area contributed by atoms with E-state index in [4.69, 9.17) is 0 Å². The minimum absolute atomic E-state index is 0.0312. The first-order valence-corrected chi connectivity index (χ1v) is 8.78. The van der Waals surface area contributed by atoms with Crippen LogP contribution in [0.4, 0.5) is 0 Å². The molecular formula is C18H28NO3-. The van der Waals surface area contributed by atoms with Gasteiger partial charge in [0.2, 0.25) is 5.91 Å². The Bertz CT molecular complexity index is 473. The van der Waals surface area contributed by atoms with Gasteiger partial charge in [-0.25, -0.2) is 0 Å². The van der Waals surface area contributed by atoms with Crippen molar-refractivity contribution in [3.8, 4) is 0 Å². The highest BCUT2D eigenvalue weighted by atomic mass is 16.4. The van der Waals surface area contributed by atoms with Gasteiger partial charge in [0.05, 0.1) is 0 Å². The molecule has 0 spiro atoms. The Hall–Kier alpha value is -1.06. The zero-order valence-corrected chi connectivity index (χ0v) is 13.9. The molecule has 3 aliphatic carbocycles. The van der Waals surface area contributed by atoms with Gasteiger partial charge < -0.3 is 15.2 Å². The zero-order valence-electron chi connectivity index (χ0n) is 13.9. The summed E-state index contributed by atoms with van der Waals surface area (Å²) in [4.78, 5) is 24.2. The Labute approximate surface area is 133 Å². The molecule has 1 amide bonds. The Morgan fingerprint density at radius 2 is 1.68 bits per heavy atom. The summed E-state index contributed by atoms with van der Waals surface area (Å²) in [5, 5.41) is 14.6. The number of nitrogens with one attached hydrogen (secondary N) is 1. The molecular weight excluding hydrogens is 278 g/mol. The van der Waals surface area contributed by atoms with Gasteiger partial charge >= 0.3 is 0 Å². The van der Waals surface area contributed by atoms with E-state index in [0.717, 1.165) is 32.1 Å². The number of hydrogen-bond donors (Lipinski definition) is 1. The second kappa shape index (κ2) is 5.54. The van der Waals surface area contributed by atoms with Crippen LogP contribution in [0, 0.1) is 35.0 Å². The first-order chi connectivity index (χ1) is 10.3. The maximum atomic E-state index is 12.7. The van der Waals surface area contributed by atoms with Crippen LogP contribution in [0.2, 0.25) is 0 Å². The lowest BCUT2D eigenvalue weighted by molar-refractivity contribution is -0.314. The molecule has 6 atom stereocenters. The number of fused-ring (bicyclic) bond motifs is 2. The summed E-state index contributed by atoms with van der Waals surface area (Å²) < 4.78 is 0. The molecule has 4 nitrogen and oxygen atoms in total. The number of hydrogen-bond acceptors (Lipinski definition) is 3. The average molecular weight is 306 g/mol. The van der Waals surface area contributed by atoms with Crippen LogP contribution in [0.1, 0.15) is 59.3 Å². The number of amides is 1. The van der Waals surface area contributed by atoms with E-state index in [1.807, 2.05) is 0 Å². The van der Waals surface area contributed by atoms with Crippen molar-refractivity contribution in [2.24, 2.45) is 35.0 Å². The normalized spacial score (nSPS) is 43.0. The summed E-state index contributed by atoms with van der Waals surface area (Å²) in [6, 6.07) is 0.188. The van der Waals surface area contributed by atoms with Gasteiger partial charge in [-0.2, -0.15) is 0 Å². The molecule has 0 heterocycles. The monoisotopic (exact) mass is 306 g/mol. The summed E-state index contributed by atoms with van der Waals surface area (Å²) in [5.41, 5.74) is 0.248. The first-order valence-electron chi connectivity index (χ1n) is 8.78. The third-order valence-corrected chi connectivity index (χ3v) is 6.22. The largest absolute Gasteiger partial charge is 0.550 e. The molecule has 0 aromatic rings. The van der Waals surface area contributed by atoms with Crippen molar-refractivity contribution in [3.05, 3.63) is 0 Å². The van der Waals surface area contributed by atoms with E-state index in [0.29, 0.717) is 5.92 Å². The second-order valence-corrected chi connectivity index (χ2v) is 8.82. The summed E-state index contributed by atoms with van der Waals surface area (Å²) in [5.74, 6) is -0.960. The fourth-order valence-electron chi connectivity index (χ4n) is 5.76. The molecule has 4 heteroatoms. The van der Waals surface area contributed by atoms with Gasteiger partial charge in [-0.1, -0.05) is 20.8 Å². The molecule has 3 fully saturated rings. The summed E-state index contributed by atoms with van der Waals surface area (Å²) in [6.07, 6.45) is 6.02. The van der Waals surface area contributed by atoms with Crippen LogP contribution in [-0.4, -0.2) is 17.9 Å². The van der Waals surface area contributed by atoms with Crippen molar-refractivity contribution < 1.29 is 14.7 Å². The minimum atomic E-state index is -1.02. The van der Waals surface area contributed by atoms with Crippen molar-refractivity contribution in [2.75, 3.05) is 0 Å². The van der Waals surface area contributed by atoms with Gasteiger partial charge in [-0.15, -0.1) is 0 Å². The van der Waals surface area contributed by atoms with Crippen LogP contribution >= 0.6 is 0 Å². The molecule has 22 heavy (non-hydrogen) atoms. The minimum Gasteiger partial charge on any atom is -0.550 e. The van der Waals surface area contributed by atoms with E-state index in [1.165, 1.54) is 6.42 Å². The molecule has 0 aromatic heterocycles. The van der Waals surface area contributed by atoms with Gasteiger partial charge in [0, 0.05) is 23.8 Å². The SMILES string of the molecule is CC1CC(NC(=O)C2C3CCC(C3)C2C(=O)[O-])CC(C)(C)C1. The Kier molecular flexibility index (Phi) is 3.98. The Balaban J connectivity index is 1.68. The molecule has 3 rings (SSSR count). The van der Waals surface area contributed by atoms with Crippen LogP contribution < -0.4 is 10.4 Å². The van der Waals surface area contributed by atoms with E-state index < -0.39 is 11.9 Å². The second-order valence-electron chi connectivity index (χ2n) is 8.82. The third-order valence-electron chi connectivity index (χ3n) is 6.22. The van der Waals surface area contributed by atoms with Gasteiger partial charge in [-0.05, 0) is 61.7 Å². The van der Waals surface area contributed by atoms with E-state index in [2.05, 4.69) is 26.1 Å². The van der Waals surface area contributed by atoms with Crippen LogP contribution in [0.15, 0.2) is 0 Å². The van der Waals surface area contributed by atoms with Gasteiger partial charge in [0.1, 0.15) is 0 Å². The molecule has 3 aliphatic rings. The lowest BCUT2D eigenvalue weighted by Crippen LogP contribution is -2.50. The topological polar surface area (TPSA) is 69.2 Å². The van der Waals surface area contributed by atoms with Crippen molar-refractivity contribution in [3.63, 3.8) is 0 Å². The molecule has 0 radical (unpaired) electrons. The molecule has 124 valence electrons. The van der Waals surface area contributed by atoms with E-state index in [1.54, 1.807) is 0 Å². The predicted octanol–water partition coefficient (Wildman–Crippen LogP) is 1.73. The standard InChI is InChI=1S/C18H29NO3/c1-10-6-13(9-18(2,3)8-10)19-16(20)14-11-4-5-12(7-11)15(14)17(21)22/h10-15H,4-9H2,1-3H3,(H,19,20)(H,21,22)/p-1. The average Bonchev–Trinajstić information content (AvgIpc) is 2.95. The molecule has 3 saturated carbocycles. The predicted molar refractivity (Wildman–Crippen MR) is 81.5 cm³/mol. The van der Waals surface area contributed by atoms with E-state index in [-0.39, 0.29) is 35.1 Å². The molecule has 0 aliphatic heterocycles.